The first-order valence-corrected chi connectivity index (χ1v) is 5.24. The quantitative estimate of drug-likeness (QED) is 0.388. The molecule has 1 aromatic rings. The Bertz CT molecular complexity index is 485. The molecule has 0 bridgehead atoms. The highest BCUT2D eigenvalue weighted by atomic mass is 35.5. The molecule has 88 valence electrons. The van der Waals surface area contributed by atoms with Crippen LogP contribution in [0.4, 0.5) is 0 Å². The van der Waals surface area contributed by atoms with Gasteiger partial charge in [0, 0.05) is 10.6 Å². The minimum atomic E-state index is -0.845. The fraction of sp³-hybridized carbons (Fsp3) is 0.167. The number of aliphatic hydroxyl groups excluding tert-OH is 1. The number of hydrogen-bond acceptors (Lipinski definition) is 4. The summed E-state index contributed by atoms with van der Waals surface area (Å²) in [6.45, 7) is 1.75. The van der Waals surface area contributed by atoms with Crippen molar-refractivity contribution in [3.8, 4) is 6.07 Å². The van der Waals surface area contributed by atoms with E-state index in [0.717, 1.165) is 0 Å². The van der Waals surface area contributed by atoms with Crippen LogP contribution in [0.3, 0.4) is 0 Å². The highest BCUT2D eigenvalue weighted by molar-refractivity contribution is 6.30. The molecule has 0 aliphatic heterocycles. The molecular formula is C12H10ClNO3. The third-order valence-electron chi connectivity index (χ3n) is 1.95. The predicted molar refractivity (Wildman–Crippen MR) is 63.2 cm³/mol. The van der Waals surface area contributed by atoms with Gasteiger partial charge in [-0.25, -0.2) is 4.79 Å². The Morgan fingerprint density at radius 2 is 2.06 bits per heavy atom. The summed E-state index contributed by atoms with van der Waals surface area (Å²) in [5.41, 5.74) is -0.0897. The molecule has 17 heavy (non-hydrogen) atoms. The zero-order valence-corrected chi connectivity index (χ0v) is 9.86. The second-order valence-corrected chi connectivity index (χ2v) is 3.50. The lowest BCUT2D eigenvalue weighted by Crippen LogP contribution is -2.08. The van der Waals surface area contributed by atoms with Gasteiger partial charge in [-0.15, -0.1) is 0 Å². The van der Waals surface area contributed by atoms with Crippen molar-refractivity contribution >= 4 is 23.3 Å². The van der Waals surface area contributed by atoms with Gasteiger partial charge < -0.3 is 9.84 Å². The summed E-state index contributed by atoms with van der Waals surface area (Å²) in [6.07, 6.45) is 0. The molecule has 1 aromatic carbocycles. The predicted octanol–water partition coefficient (Wildman–Crippen LogP) is 2.70. The molecule has 1 rings (SSSR count). The number of nitrogens with zero attached hydrogens (tertiary/aromatic N) is 1. The maximum Gasteiger partial charge on any atom is 0.352 e. The number of halogens is 1. The number of benzene rings is 1. The Labute approximate surface area is 104 Å². The Hall–Kier alpha value is -1.99. The number of nitriles is 1. The van der Waals surface area contributed by atoms with E-state index in [1.807, 2.05) is 0 Å². The first kappa shape index (κ1) is 13.1. The Kier molecular flexibility index (Phi) is 4.56. The summed E-state index contributed by atoms with van der Waals surface area (Å²) in [5.74, 6) is -1.26. The standard InChI is InChI=1S/C12H10ClNO3/c1-2-17-12(16)10(7-14)11(15)8-3-5-9(13)6-4-8/h3-6,15H,2H2,1H3/b11-10-. The van der Waals surface area contributed by atoms with Gasteiger partial charge >= 0.3 is 5.97 Å². The van der Waals surface area contributed by atoms with Gasteiger partial charge in [0.1, 0.15) is 11.8 Å². The minimum Gasteiger partial charge on any atom is -0.506 e. The zero-order valence-electron chi connectivity index (χ0n) is 9.11. The molecule has 0 amide bonds. The van der Waals surface area contributed by atoms with E-state index in [2.05, 4.69) is 4.74 Å². The van der Waals surface area contributed by atoms with Crippen LogP contribution in [-0.2, 0) is 9.53 Å². The van der Waals surface area contributed by atoms with Crippen LogP contribution in [0.5, 0.6) is 0 Å². The number of carbonyl (C=O) groups excluding carboxylic acids is 1. The van der Waals surface area contributed by atoms with Gasteiger partial charge in [-0.05, 0) is 31.2 Å². The number of ether oxygens (including phenoxy) is 1. The smallest absolute Gasteiger partial charge is 0.352 e. The van der Waals surface area contributed by atoms with E-state index in [0.29, 0.717) is 10.6 Å². The molecule has 0 aromatic heterocycles. The average Bonchev–Trinajstić information content (AvgIpc) is 2.31. The summed E-state index contributed by atoms with van der Waals surface area (Å²) in [5, 5.41) is 19.1. The van der Waals surface area contributed by atoms with Crippen molar-refractivity contribution in [1.29, 1.82) is 5.26 Å². The van der Waals surface area contributed by atoms with Crippen molar-refractivity contribution < 1.29 is 14.6 Å². The van der Waals surface area contributed by atoms with Gasteiger partial charge in [0.25, 0.3) is 0 Å². The van der Waals surface area contributed by atoms with Gasteiger partial charge in [0.05, 0.1) is 6.61 Å². The number of esters is 1. The summed E-state index contributed by atoms with van der Waals surface area (Å²) in [6, 6.07) is 7.74. The first-order chi connectivity index (χ1) is 8.10. The zero-order chi connectivity index (χ0) is 12.8. The largest absolute Gasteiger partial charge is 0.506 e. The molecule has 0 fully saturated rings. The lowest BCUT2D eigenvalue weighted by Gasteiger charge is -2.04. The minimum absolute atomic E-state index is 0.137. The van der Waals surface area contributed by atoms with Crippen LogP contribution >= 0.6 is 11.6 Å². The number of rotatable bonds is 3. The molecule has 4 nitrogen and oxygen atoms in total. The molecule has 0 spiro atoms. The molecule has 0 saturated heterocycles. The molecule has 1 N–H and O–H groups in total. The van der Waals surface area contributed by atoms with Crippen LogP contribution in [0, 0.1) is 11.3 Å². The highest BCUT2D eigenvalue weighted by Crippen LogP contribution is 2.19. The molecule has 0 unspecified atom stereocenters. The van der Waals surface area contributed by atoms with Crippen molar-refractivity contribution in [3.63, 3.8) is 0 Å². The number of aliphatic hydroxyl groups is 1. The highest BCUT2D eigenvalue weighted by Gasteiger charge is 2.17. The van der Waals surface area contributed by atoms with Crippen molar-refractivity contribution in [2.45, 2.75) is 6.92 Å². The van der Waals surface area contributed by atoms with Crippen molar-refractivity contribution in [2.75, 3.05) is 6.61 Å². The lowest BCUT2D eigenvalue weighted by molar-refractivity contribution is -0.138. The van der Waals surface area contributed by atoms with Crippen LogP contribution in [0.1, 0.15) is 12.5 Å². The van der Waals surface area contributed by atoms with E-state index in [4.69, 9.17) is 16.9 Å². The maximum atomic E-state index is 11.4. The fourth-order valence-corrected chi connectivity index (χ4v) is 1.28. The van der Waals surface area contributed by atoms with Crippen LogP contribution in [-0.4, -0.2) is 17.7 Å². The SMILES string of the molecule is CCOC(=O)/C(C#N)=C(\O)c1ccc(Cl)cc1. The molecule has 0 heterocycles. The van der Waals surface area contributed by atoms with Crippen LogP contribution < -0.4 is 0 Å². The fourth-order valence-electron chi connectivity index (χ4n) is 1.15. The first-order valence-electron chi connectivity index (χ1n) is 4.86. The van der Waals surface area contributed by atoms with E-state index in [1.165, 1.54) is 12.1 Å². The van der Waals surface area contributed by atoms with Crippen molar-refractivity contribution in [2.24, 2.45) is 0 Å². The summed E-state index contributed by atoms with van der Waals surface area (Å²) in [7, 11) is 0. The van der Waals surface area contributed by atoms with Crippen LogP contribution in [0.2, 0.25) is 5.02 Å². The Balaban J connectivity index is 3.13. The Morgan fingerprint density at radius 1 is 1.47 bits per heavy atom. The molecule has 0 atom stereocenters. The van der Waals surface area contributed by atoms with E-state index in [1.54, 1.807) is 25.1 Å². The molecule has 0 aliphatic rings. The molecule has 0 radical (unpaired) electrons. The van der Waals surface area contributed by atoms with E-state index in [9.17, 15) is 9.90 Å². The van der Waals surface area contributed by atoms with Gasteiger partial charge in [0.15, 0.2) is 5.57 Å². The second kappa shape index (κ2) is 5.92. The van der Waals surface area contributed by atoms with Crippen LogP contribution in [0.15, 0.2) is 29.8 Å². The monoisotopic (exact) mass is 251 g/mol. The molecular weight excluding hydrogens is 242 g/mol. The average molecular weight is 252 g/mol. The molecule has 0 aliphatic carbocycles. The third kappa shape index (κ3) is 3.23. The summed E-state index contributed by atoms with van der Waals surface area (Å²) in [4.78, 5) is 11.4. The third-order valence-corrected chi connectivity index (χ3v) is 2.20. The number of carbonyl (C=O) groups is 1. The molecule has 0 saturated carbocycles. The summed E-state index contributed by atoms with van der Waals surface area (Å²) >= 11 is 5.69. The van der Waals surface area contributed by atoms with E-state index < -0.39 is 17.3 Å². The number of hydrogen-bond donors (Lipinski definition) is 1. The lowest BCUT2D eigenvalue weighted by atomic mass is 10.1. The van der Waals surface area contributed by atoms with Gasteiger partial charge in [-0.1, -0.05) is 11.6 Å². The molecule has 5 heteroatoms. The van der Waals surface area contributed by atoms with Gasteiger partial charge in [-0.3, -0.25) is 0 Å². The van der Waals surface area contributed by atoms with Gasteiger partial charge in [-0.2, -0.15) is 5.26 Å². The Morgan fingerprint density at radius 3 is 2.53 bits per heavy atom. The van der Waals surface area contributed by atoms with Crippen molar-refractivity contribution in [3.05, 3.63) is 40.4 Å². The topological polar surface area (TPSA) is 70.3 Å². The van der Waals surface area contributed by atoms with E-state index >= 15 is 0 Å². The van der Waals surface area contributed by atoms with Crippen LogP contribution in [0.25, 0.3) is 5.76 Å². The van der Waals surface area contributed by atoms with Gasteiger partial charge in [0.2, 0.25) is 0 Å². The normalized spacial score (nSPS) is 11.4. The second-order valence-electron chi connectivity index (χ2n) is 3.06. The van der Waals surface area contributed by atoms with E-state index in [-0.39, 0.29) is 6.61 Å². The van der Waals surface area contributed by atoms with Crippen molar-refractivity contribution in [1.82, 2.24) is 0 Å². The summed E-state index contributed by atoms with van der Waals surface area (Å²) < 4.78 is 4.66. The maximum absolute atomic E-state index is 11.4.